The Labute approximate surface area is 153 Å². The second-order valence-corrected chi connectivity index (χ2v) is 6.09. The molecule has 2 aromatic rings. The fraction of sp³-hybridized carbons (Fsp3) is 0.167. The molecule has 1 N–H and O–H groups in total. The summed E-state index contributed by atoms with van der Waals surface area (Å²) in [7, 11) is 0. The smallest absolute Gasteiger partial charge is 0.263 e. The van der Waals surface area contributed by atoms with E-state index in [1.54, 1.807) is 24.3 Å². The maximum absolute atomic E-state index is 13.1. The van der Waals surface area contributed by atoms with Crippen molar-refractivity contribution in [3.8, 4) is 0 Å². The average molecular weight is 367 g/mol. The zero-order valence-electron chi connectivity index (χ0n) is 13.9. The van der Waals surface area contributed by atoms with E-state index in [1.165, 1.54) is 17.1 Å². The van der Waals surface area contributed by atoms with Crippen LogP contribution in [0.1, 0.15) is 0 Å². The first-order valence-corrected chi connectivity index (χ1v) is 8.20. The zero-order chi connectivity index (χ0) is 19.0. The van der Waals surface area contributed by atoms with Crippen molar-refractivity contribution in [1.82, 2.24) is 5.01 Å². The van der Waals surface area contributed by atoms with Crippen molar-refractivity contribution in [3.63, 3.8) is 0 Å². The topological polar surface area (TPSA) is 94.4 Å². The number of nitrogens with one attached hydrogen (secondary N) is 1. The number of amides is 3. The minimum absolute atomic E-state index is 0.226. The van der Waals surface area contributed by atoms with Crippen LogP contribution in [0.3, 0.4) is 0 Å². The summed E-state index contributed by atoms with van der Waals surface area (Å²) in [4.78, 5) is 38.5. The number of hydrogen-bond acceptors (Lipinski definition) is 6. The highest BCUT2D eigenvalue weighted by molar-refractivity contribution is 6.25. The number of fused-ring (bicyclic) bond motifs is 1. The SMILES string of the molecule is O=C(CN1N=N[C@@H]2C(=O)N(c3ccc(F)cc3)C(=O)[C@@H]21)Nc1ccccc1. The third-order valence-corrected chi connectivity index (χ3v) is 4.31. The van der Waals surface area contributed by atoms with Gasteiger partial charge in [-0.1, -0.05) is 23.4 Å². The standard InChI is InChI=1S/C18H14FN5O3/c19-11-6-8-13(9-7-11)24-17(26)15-16(18(24)27)23(22-21-15)10-14(25)20-12-4-2-1-3-5-12/h1-9,15-16H,10H2,(H,20,25)/t15-,16+/m0/s1. The summed E-state index contributed by atoms with van der Waals surface area (Å²) >= 11 is 0. The Balaban J connectivity index is 1.49. The Morgan fingerprint density at radius 3 is 2.44 bits per heavy atom. The van der Waals surface area contributed by atoms with Crippen LogP contribution in [-0.4, -0.2) is 41.4 Å². The summed E-state index contributed by atoms with van der Waals surface area (Å²) in [5, 5.41) is 11.6. The van der Waals surface area contributed by atoms with Crippen LogP contribution in [0.25, 0.3) is 0 Å². The molecule has 0 aliphatic carbocycles. The molecule has 0 unspecified atom stereocenters. The average Bonchev–Trinajstić information content (AvgIpc) is 3.17. The molecule has 2 aliphatic rings. The lowest BCUT2D eigenvalue weighted by atomic mass is 10.1. The first-order valence-electron chi connectivity index (χ1n) is 8.20. The van der Waals surface area contributed by atoms with Gasteiger partial charge in [-0.3, -0.25) is 19.4 Å². The van der Waals surface area contributed by atoms with E-state index in [1.807, 2.05) is 6.07 Å². The molecular weight excluding hydrogens is 353 g/mol. The van der Waals surface area contributed by atoms with Crippen LogP contribution in [0.2, 0.25) is 0 Å². The lowest BCUT2D eigenvalue weighted by Crippen LogP contribution is -2.43. The van der Waals surface area contributed by atoms with Gasteiger partial charge in [0.15, 0.2) is 12.1 Å². The van der Waals surface area contributed by atoms with Crippen molar-refractivity contribution in [3.05, 3.63) is 60.4 Å². The monoisotopic (exact) mass is 367 g/mol. The molecule has 1 fully saturated rings. The lowest BCUT2D eigenvalue weighted by molar-refractivity contribution is -0.123. The van der Waals surface area contributed by atoms with Crippen molar-refractivity contribution >= 4 is 29.1 Å². The van der Waals surface area contributed by atoms with Gasteiger partial charge in [-0.05, 0) is 36.4 Å². The molecule has 0 aromatic heterocycles. The minimum Gasteiger partial charge on any atom is -0.324 e. The van der Waals surface area contributed by atoms with Crippen LogP contribution in [0.15, 0.2) is 64.9 Å². The van der Waals surface area contributed by atoms with Gasteiger partial charge in [0.05, 0.1) is 5.69 Å². The van der Waals surface area contributed by atoms with Gasteiger partial charge >= 0.3 is 0 Å². The summed E-state index contributed by atoms with van der Waals surface area (Å²) in [6.45, 7) is -0.226. The van der Waals surface area contributed by atoms with E-state index in [0.717, 1.165) is 17.0 Å². The van der Waals surface area contributed by atoms with Crippen LogP contribution in [0.4, 0.5) is 15.8 Å². The summed E-state index contributed by atoms with van der Waals surface area (Å²) in [5.41, 5.74) is 0.863. The number of hydrogen-bond donors (Lipinski definition) is 1. The van der Waals surface area contributed by atoms with Crippen LogP contribution in [0, 0.1) is 5.82 Å². The van der Waals surface area contributed by atoms with Gasteiger partial charge in [0, 0.05) is 5.69 Å². The largest absolute Gasteiger partial charge is 0.324 e. The van der Waals surface area contributed by atoms with Crippen molar-refractivity contribution in [2.75, 3.05) is 16.8 Å². The Morgan fingerprint density at radius 2 is 1.74 bits per heavy atom. The summed E-state index contributed by atoms with van der Waals surface area (Å²) in [6, 6.07) is 11.9. The highest BCUT2D eigenvalue weighted by atomic mass is 19.1. The molecule has 4 rings (SSSR count). The molecule has 2 aliphatic heterocycles. The maximum atomic E-state index is 13.1. The van der Waals surface area contributed by atoms with E-state index in [-0.39, 0.29) is 18.1 Å². The molecule has 8 nitrogen and oxygen atoms in total. The van der Waals surface area contributed by atoms with E-state index in [9.17, 15) is 18.8 Å². The maximum Gasteiger partial charge on any atom is 0.263 e. The number of halogens is 1. The molecule has 2 heterocycles. The molecule has 1 saturated heterocycles. The van der Waals surface area contributed by atoms with Crippen molar-refractivity contribution < 1.29 is 18.8 Å². The van der Waals surface area contributed by atoms with E-state index >= 15 is 0 Å². The van der Waals surface area contributed by atoms with Crippen LogP contribution < -0.4 is 10.2 Å². The van der Waals surface area contributed by atoms with E-state index in [4.69, 9.17) is 0 Å². The number of para-hydroxylation sites is 1. The normalized spacial score (nSPS) is 20.9. The van der Waals surface area contributed by atoms with E-state index in [2.05, 4.69) is 15.7 Å². The number of carbonyl (C=O) groups excluding carboxylic acids is 3. The number of anilines is 2. The lowest BCUT2D eigenvalue weighted by Gasteiger charge is -2.20. The highest BCUT2D eigenvalue weighted by Gasteiger charge is 2.55. The predicted octanol–water partition coefficient (Wildman–Crippen LogP) is 1.76. The number of imide groups is 1. The molecule has 3 amide bonds. The first kappa shape index (κ1) is 16.8. The van der Waals surface area contributed by atoms with Gasteiger partial charge in [0.25, 0.3) is 11.8 Å². The molecular formula is C18H14FN5O3. The van der Waals surface area contributed by atoms with E-state index in [0.29, 0.717) is 5.69 Å². The minimum atomic E-state index is -1.01. The fourth-order valence-corrected chi connectivity index (χ4v) is 3.07. The predicted molar refractivity (Wildman–Crippen MR) is 93.1 cm³/mol. The van der Waals surface area contributed by atoms with Crippen molar-refractivity contribution in [2.45, 2.75) is 12.1 Å². The van der Waals surface area contributed by atoms with Crippen LogP contribution in [0.5, 0.6) is 0 Å². The highest BCUT2D eigenvalue weighted by Crippen LogP contribution is 2.31. The van der Waals surface area contributed by atoms with Gasteiger partial charge in [0.2, 0.25) is 5.91 Å². The molecule has 0 saturated carbocycles. The van der Waals surface area contributed by atoms with E-state index < -0.39 is 29.7 Å². The van der Waals surface area contributed by atoms with Gasteiger partial charge in [-0.15, -0.1) is 0 Å². The van der Waals surface area contributed by atoms with Gasteiger partial charge < -0.3 is 5.32 Å². The molecule has 27 heavy (non-hydrogen) atoms. The van der Waals surface area contributed by atoms with Crippen LogP contribution >= 0.6 is 0 Å². The van der Waals surface area contributed by atoms with Crippen LogP contribution in [-0.2, 0) is 14.4 Å². The second kappa shape index (κ2) is 6.60. The molecule has 136 valence electrons. The van der Waals surface area contributed by atoms with Gasteiger partial charge in [0.1, 0.15) is 12.4 Å². The molecule has 0 bridgehead atoms. The van der Waals surface area contributed by atoms with Crippen molar-refractivity contribution in [1.29, 1.82) is 0 Å². The Kier molecular flexibility index (Phi) is 4.11. The van der Waals surface area contributed by atoms with Crippen molar-refractivity contribution in [2.24, 2.45) is 10.3 Å². The number of carbonyl (C=O) groups is 3. The zero-order valence-corrected chi connectivity index (χ0v) is 13.9. The fourth-order valence-electron chi connectivity index (χ4n) is 3.07. The Morgan fingerprint density at radius 1 is 1.04 bits per heavy atom. The molecule has 2 atom stereocenters. The van der Waals surface area contributed by atoms with Gasteiger partial charge in [-0.2, -0.15) is 5.11 Å². The molecule has 0 spiro atoms. The number of nitrogens with zero attached hydrogens (tertiary/aromatic N) is 4. The first-order chi connectivity index (χ1) is 13.0. The Bertz CT molecular complexity index is 932. The summed E-state index contributed by atoms with van der Waals surface area (Å²) in [6.07, 6.45) is 0. The summed E-state index contributed by atoms with van der Waals surface area (Å²) < 4.78 is 13.1. The molecule has 0 radical (unpaired) electrons. The third-order valence-electron chi connectivity index (χ3n) is 4.31. The third kappa shape index (κ3) is 3.03. The second-order valence-electron chi connectivity index (χ2n) is 6.09. The Hall–Kier alpha value is -3.62. The number of benzene rings is 2. The quantitative estimate of drug-likeness (QED) is 0.833. The summed E-state index contributed by atoms with van der Waals surface area (Å²) in [5.74, 6) is -1.96. The number of rotatable bonds is 4. The molecule has 2 aromatic carbocycles. The van der Waals surface area contributed by atoms with Gasteiger partial charge in [-0.25, -0.2) is 9.29 Å². The molecule has 9 heteroatoms.